The second-order valence-corrected chi connectivity index (χ2v) is 7.05. The number of hydrogen-bond acceptors (Lipinski definition) is 4. The number of aromatic nitrogens is 2. The number of nitrogens with zero attached hydrogens (tertiary/aromatic N) is 1. The van der Waals surface area contributed by atoms with Gasteiger partial charge in [-0.15, -0.1) is 0 Å². The predicted molar refractivity (Wildman–Crippen MR) is 106 cm³/mol. The molecule has 1 aliphatic heterocycles. The highest BCUT2D eigenvalue weighted by Crippen LogP contribution is 2.37. The lowest BCUT2D eigenvalue weighted by Crippen LogP contribution is -2.34. The van der Waals surface area contributed by atoms with E-state index < -0.39 is 6.09 Å². The molecule has 6 heteroatoms. The molecule has 28 heavy (non-hydrogen) atoms. The zero-order valence-corrected chi connectivity index (χ0v) is 15.7. The Labute approximate surface area is 163 Å². The first-order valence-corrected chi connectivity index (χ1v) is 9.36. The normalized spacial score (nSPS) is 14.9. The lowest BCUT2D eigenvalue weighted by molar-refractivity contribution is -0.0398. The lowest BCUT2D eigenvalue weighted by atomic mass is 9.81. The number of amides is 1. The van der Waals surface area contributed by atoms with Crippen LogP contribution in [-0.4, -0.2) is 29.5 Å². The van der Waals surface area contributed by atoms with Gasteiger partial charge in [-0.2, -0.15) is 5.10 Å². The number of H-pyrrole nitrogens is 1. The van der Waals surface area contributed by atoms with Crippen molar-refractivity contribution in [3.8, 4) is 0 Å². The summed E-state index contributed by atoms with van der Waals surface area (Å²) in [5.74, 6) is 0.540. The molecule has 2 N–H and O–H groups in total. The maximum atomic E-state index is 12.2. The fourth-order valence-electron chi connectivity index (χ4n) is 3.48. The molecule has 0 aliphatic carbocycles. The number of hydrogen-bond donors (Lipinski definition) is 2. The molecule has 0 radical (unpaired) electrons. The van der Waals surface area contributed by atoms with Crippen LogP contribution in [0.3, 0.4) is 0 Å². The van der Waals surface area contributed by atoms with Crippen molar-refractivity contribution in [1.29, 1.82) is 0 Å². The summed E-state index contributed by atoms with van der Waals surface area (Å²) in [5.41, 5.74) is 4.99. The van der Waals surface area contributed by atoms with E-state index in [1.54, 1.807) is 0 Å². The Morgan fingerprint density at radius 1 is 1.25 bits per heavy atom. The molecule has 1 amide bonds. The fourth-order valence-corrected chi connectivity index (χ4v) is 3.48. The maximum Gasteiger partial charge on any atom is 0.411 e. The van der Waals surface area contributed by atoms with Gasteiger partial charge in [-0.1, -0.05) is 42.5 Å². The Bertz CT molecular complexity index is 935. The van der Waals surface area contributed by atoms with Gasteiger partial charge in [0.25, 0.3) is 0 Å². The van der Waals surface area contributed by atoms with E-state index >= 15 is 0 Å². The molecule has 2 heterocycles. The highest BCUT2D eigenvalue weighted by atomic mass is 16.5. The van der Waals surface area contributed by atoms with Crippen LogP contribution in [0.1, 0.15) is 28.3 Å². The Morgan fingerprint density at radius 2 is 2.07 bits per heavy atom. The van der Waals surface area contributed by atoms with Gasteiger partial charge in [0.05, 0.1) is 19.4 Å². The smallest absolute Gasteiger partial charge is 0.411 e. The molecule has 1 aliphatic rings. The van der Waals surface area contributed by atoms with E-state index in [1.165, 1.54) is 0 Å². The van der Waals surface area contributed by atoms with Crippen LogP contribution in [0, 0.1) is 12.8 Å². The number of anilines is 1. The lowest BCUT2D eigenvalue weighted by Gasteiger charge is -2.34. The molecule has 1 atom stereocenters. The van der Waals surface area contributed by atoms with Crippen LogP contribution in [0.2, 0.25) is 0 Å². The van der Waals surface area contributed by atoms with Gasteiger partial charge in [0, 0.05) is 23.2 Å². The Morgan fingerprint density at radius 3 is 2.75 bits per heavy atom. The quantitative estimate of drug-likeness (QED) is 0.673. The second-order valence-electron chi connectivity index (χ2n) is 7.05. The van der Waals surface area contributed by atoms with Crippen LogP contribution in [0.4, 0.5) is 10.5 Å². The van der Waals surface area contributed by atoms with Gasteiger partial charge in [0.2, 0.25) is 0 Å². The molecule has 4 rings (SSSR count). The summed E-state index contributed by atoms with van der Waals surface area (Å²) in [6.45, 7) is 3.73. The molecule has 3 aromatic rings. The van der Waals surface area contributed by atoms with Crippen molar-refractivity contribution >= 4 is 11.8 Å². The third-order valence-corrected chi connectivity index (χ3v) is 5.02. The average Bonchev–Trinajstić information content (AvgIpc) is 3.09. The number of carbonyl (C=O) groups is 1. The summed E-state index contributed by atoms with van der Waals surface area (Å²) in [6.07, 6.45) is 1.37. The summed E-state index contributed by atoms with van der Waals surface area (Å²) in [5, 5.41) is 10.1. The first-order valence-electron chi connectivity index (χ1n) is 9.36. The van der Waals surface area contributed by atoms with E-state index in [9.17, 15) is 4.79 Å². The zero-order chi connectivity index (χ0) is 19.3. The van der Waals surface area contributed by atoms with Crippen LogP contribution in [0.25, 0.3) is 0 Å². The van der Waals surface area contributed by atoms with E-state index in [0.717, 1.165) is 35.6 Å². The highest BCUT2D eigenvalue weighted by Gasteiger charge is 2.33. The minimum absolute atomic E-state index is 0.151. The molecular weight excluding hydrogens is 354 g/mol. The SMILES string of the molecule is Cc1cn[nH]c1C(c1cccc(NC(=O)OCc2ccccc2)c1)C1COC1. The molecule has 6 nitrogen and oxygen atoms in total. The summed E-state index contributed by atoms with van der Waals surface area (Å²) in [4.78, 5) is 12.2. The molecule has 1 aromatic heterocycles. The maximum absolute atomic E-state index is 12.2. The topological polar surface area (TPSA) is 76.2 Å². The zero-order valence-electron chi connectivity index (χ0n) is 15.7. The Balaban J connectivity index is 1.47. The van der Waals surface area contributed by atoms with Crippen molar-refractivity contribution < 1.29 is 14.3 Å². The third-order valence-electron chi connectivity index (χ3n) is 5.02. The summed E-state index contributed by atoms with van der Waals surface area (Å²) < 4.78 is 10.7. The standard InChI is InChI=1S/C22H23N3O3/c1-15-11-23-25-21(15)20(18-13-27-14-18)17-8-5-9-19(10-17)24-22(26)28-12-16-6-3-2-4-7-16/h2-11,18,20H,12-14H2,1H3,(H,23,25)(H,24,26). The van der Waals surface area contributed by atoms with E-state index in [2.05, 4.69) is 28.5 Å². The monoisotopic (exact) mass is 377 g/mol. The van der Waals surface area contributed by atoms with E-state index in [0.29, 0.717) is 11.6 Å². The first kappa shape index (κ1) is 18.3. The number of aryl methyl sites for hydroxylation is 1. The van der Waals surface area contributed by atoms with Crippen molar-refractivity contribution in [1.82, 2.24) is 10.2 Å². The molecular formula is C22H23N3O3. The van der Waals surface area contributed by atoms with Gasteiger partial charge in [-0.3, -0.25) is 10.4 Å². The number of benzene rings is 2. The highest BCUT2D eigenvalue weighted by molar-refractivity contribution is 5.84. The summed E-state index contributed by atoms with van der Waals surface area (Å²) >= 11 is 0. The van der Waals surface area contributed by atoms with Gasteiger partial charge in [0.1, 0.15) is 6.61 Å². The van der Waals surface area contributed by atoms with E-state index in [4.69, 9.17) is 9.47 Å². The molecule has 1 fully saturated rings. The van der Waals surface area contributed by atoms with Crippen LogP contribution < -0.4 is 5.32 Å². The van der Waals surface area contributed by atoms with Gasteiger partial charge in [-0.25, -0.2) is 4.79 Å². The molecule has 0 saturated carbocycles. The Hall–Kier alpha value is -3.12. The number of aromatic amines is 1. The van der Waals surface area contributed by atoms with Crippen LogP contribution in [-0.2, 0) is 16.1 Å². The van der Waals surface area contributed by atoms with Crippen LogP contribution in [0.5, 0.6) is 0 Å². The summed E-state index contributed by atoms with van der Waals surface area (Å²) in [6, 6.07) is 17.5. The molecule has 1 saturated heterocycles. The predicted octanol–water partition coefficient (Wildman–Crippen LogP) is 4.25. The van der Waals surface area contributed by atoms with Gasteiger partial charge in [-0.05, 0) is 35.7 Å². The number of rotatable bonds is 6. The van der Waals surface area contributed by atoms with Gasteiger partial charge in [0.15, 0.2) is 0 Å². The van der Waals surface area contributed by atoms with E-state index in [-0.39, 0.29) is 12.5 Å². The second kappa shape index (κ2) is 8.27. The molecule has 2 aromatic carbocycles. The fraction of sp³-hybridized carbons (Fsp3) is 0.273. The van der Waals surface area contributed by atoms with Crippen molar-refractivity contribution in [2.75, 3.05) is 18.5 Å². The van der Waals surface area contributed by atoms with Gasteiger partial charge >= 0.3 is 6.09 Å². The molecule has 1 unspecified atom stereocenters. The van der Waals surface area contributed by atoms with E-state index in [1.807, 2.05) is 54.7 Å². The number of nitrogens with one attached hydrogen (secondary N) is 2. The van der Waals surface area contributed by atoms with Crippen LogP contribution in [0.15, 0.2) is 60.8 Å². The summed E-state index contributed by atoms with van der Waals surface area (Å²) in [7, 11) is 0. The number of ether oxygens (including phenoxy) is 2. The third kappa shape index (κ3) is 4.07. The van der Waals surface area contributed by atoms with Crippen molar-refractivity contribution in [3.05, 3.63) is 83.2 Å². The minimum Gasteiger partial charge on any atom is -0.444 e. The van der Waals surface area contributed by atoms with Crippen molar-refractivity contribution in [2.45, 2.75) is 19.4 Å². The number of carbonyl (C=O) groups excluding carboxylic acids is 1. The first-order chi connectivity index (χ1) is 13.7. The van der Waals surface area contributed by atoms with Crippen LogP contribution >= 0.6 is 0 Å². The van der Waals surface area contributed by atoms with Crippen molar-refractivity contribution in [2.24, 2.45) is 5.92 Å². The molecule has 0 spiro atoms. The average molecular weight is 377 g/mol. The minimum atomic E-state index is -0.470. The largest absolute Gasteiger partial charge is 0.444 e. The van der Waals surface area contributed by atoms with Gasteiger partial charge < -0.3 is 9.47 Å². The van der Waals surface area contributed by atoms with Crippen molar-refractivity contribution in [3.63, 3.8) is 0 Å². The molecule has 0 bridgehead atoms. The molecule has 144 valence electrons. The Kier molecular flexibility index (Phi) is 5.39.